The fourth-order valence-electron chi connectivity index (χ4n) is 2.27. The fourth-order valence-corrected chi connectivity index (χ4v) is 2.89. The first-order valence-electron chi connectivity index (χ1n) is 6.96. The molecule has 0 amide bonds. The molecule has 2 heterocycles. The summed E-state index contributed by atoms with van der Waals surface area (Å²) < 4.78 is 5.78. The van der Waals surface area contributed by atoms with Crippen LogP contribution in [0.1, 0.15) is 34.6 Å². The Morgan fingerprint density at radius 1 is 1.32 bits per heavy atom. The van der Waals surface area contributed by atoms with Crippen LogP contribution in [-0.4, -0.2) is 16.5 Å². The Balaban J connectivity index is 1.91. The summed E-state index contributed by atoms with van der Waals surface area (Å²) >= 11 is 1.55. The number of carbonyl (C=O) groups is 1. The van der Waals surface area contributed by atoms with Crippen molar-refractivity contribution in [2.24, 2.45) is 0 Å². The maximum atomic E-state index is 12.3. The van der Waals surface area contributed by atoms with Crippen LogP contribution < -0.4 is 4.74 Å². The summed E-state index contributed by atoms with van der Waals surface area (Å²) in [6.45, 7) is 3.87. The minimum atomic E-state index is -0.413. The molecule has 0 spiro atoms. The van der Waals surface area contributed by atoms with Crippen molar-refractivity contribution < 1.29 is 14.6 Å². The van der Waals surface area contributed by atoms with E-state index in [9.17, 15) is 9.90 Å². The molecular weight excluding hydrogens is 296 g/mol. The number of fused-ring (bicyclic) bond motifs is 1. The predicted molar refractivity (Wildman–Crippen MR) is 89.5 cm³/mol. The number of phenols is 1. The van der Waals surface area contributed by atoms with Crippen LogP contribution in [0.4, 0.5) is 0 Å². The minimum absolute atomic E-state index is 0.0370. The Bertz CT molecular complexity index is 768. The maximum absolute atomic E-state index is 12.3. The van der Waals surface area contributed by atoms with Crippen molar-refractivity contribution in [1.29, 1.82) is 0 Å². The van der Waals surface area contributed by atoms with Gasteiger partial charge >= 0.3 is 0 Å². The molecule has 0 radical (unpaired) electrons. The van der Waals surface area contributed by atoms with Gasteiger partial charge < -0.3 is 9.84 Å². The number of aromatic hydroxyl groups is 1. The van der Waals surface area contributed by atoms with Crippen LogP contribution in [0.3, 0.4) is 0 Å². The van der Waals surface area contributed by atoms with E-state index in [4.69, 9.17) is 4.74 Å². The smallest absolute Gasteiger partial charge is 0.189 e. The van der Waals surface area contributed by atoms with E-state index in [0.29, 0.717) is 11.3 Å². The molecule has 2 aromatic rings. The molecule has 0 unspecified atom stereocenters. The number of allylic oxidation sites excluding steroid dienone is 1. The van der Waals surface area contributed by atoms with E-state index in [1.54, 1.807) is 35.6 Å². The lowest BCUT2D eigenvalue weighted by Crippen LogP contribution is -2.27. The van der Waals surface area contributed by atoms with Crippen LogP contribution in [0.5, 0.6) is 11.5 Å². The molecule has 1 aliphatic rings. The molecule has 3 rings (SSSR count). The molecule has 0 saturated heterocycles. The standard InChI is InChI=1S/C18H16O3S/c1-18(2)10-9-14-16(21-18)8-6-13(17(14)20)15(19)7-5-12-4-3-11-22-12/h3-11,20H,1-2H3/b7-5+. The van der Waals surface area contributed by atoms with Crippen molar-refractivity contribution in [3.63, 3.8) is 0 Å². The number of rotatable bonds is 3. The summed E-state index contributed by atoms with van der Waals surface area (Å²) in [7, 11) is 0. The number of ketones is 1. The summed E-state index contributed by atoms with van der Waals surface area (Å²) in [6.07, 6.45) is 6.89. The van der Waals surface area contributed by atoms with Gasteiger partial charge in [-0.25, -0.2) is 0 Å². The van der Waals surface area contributed by atoms with Gasteiger partial charge in [0, 0.05) is 4.88 Å². The third kappa shape index (κ3) is 2.83. The molecule has 0 atom stereocenters. The van der Waals surface area contributed by atoms with Crippen LogP contribution in [0.25, 0.3) is 12.2 Å². The zero-order chi connectivity index (χ0) is 15.7. The Labute approximate surface area is 133 Å². The molecule has 1 aromatic heterocycles. The number of phenolic OH excluding ortho intramolecular Hbond substituents is 1. The van der Waals surface area contributed by atoms with Crippen LogP contribution >= 0.6 is 11.3 Å². The summed E-state index contributed by atoms with van der Waals surface area (Å²) in [5.74, 6) is 0.320. The Hall–Kier alpha value is -2.33. The molecule has 3 nitrogen and oxygen atoms in total. The molecule has 0 fully saturated rings. The van der Waals surface area contributed by atoms with E-state index < -0.39 is 5.60 Å². The van der Waals surface area contributed by atoms with Gasteiger partial charge in [-0.15, -0.1) is 11.3 Å². The SMILES string of the molecule is CC1(C)C=Cc2c(ccc(C(=O)/C=C/c3cccs3)c2O)O1. The monoisotopic (exact) mass is 312 g/mol. The Kier molecular flexibility index (Phi) is 3.62. The largest absolute Gasteiger partial charge is 0.506 e. The van der Waals surface area contributed by atoms with E-state index in [0.717, 1.165) is 4.88 Å². The quantitative estimate of drug-likeness (QED) is 0.669. The second kappa shape index (κ2) is 5.46. The first-order chi connectivity index (χ1) is 10.5. The van der Waals surface area contributed by atoms with Gasteiger partial charge in [0.25, 0.3) is 0 Å². The molecule has 1 aliphatic heterocycles. The third-order valence-electron chi connectivity index (χ3n) is 3.41. The van der Waals surface area contributed by atoms with Crippen LogP contribution in [0, 0.1) is 0 Å². The zero-order valence-electron chi connectivity index (χ0n) is 12.4. The predicted octanol–water partition coefficient (Wildman–Crippen LogP) is 4.53. The van der Waals surface area contributed by atoms with Crippen molar-refractivity contribution >= 4 is 29.3 Å². The molecule has 112 valence electrons. The zero-order valence-corrected chi connectivity index (χ0v) is 13.2. The minimum Gasteiger partial charge on any atom is -0.506 e. The highest BCUT2D eigenvalue weighted by molar-refractivity contribution is 7.10. The molecular formula is C18H16O3S. The third-order valence-corrected chi connectivity index (χ3v) is 4.25. The van der Waals surface area contributed by atoms with E-state index in [1.165, 1.54) is 6.08 Å². The number of hydrogen-bond acceptors (Lipinski definition) is 4. The van der Waals surface area contributed by atoms with Gasteiger partial charge in [-0.2, -0.15) is 0 Å². The number of ether oxygens (including phenoxy) is 1. The lowest BCUT2D eigenvalue weighted by Gasteiger charge is -2.28. The van der Waals surface area contributed by atoms with Gasteiger partial charge in [0.15, 0.2) is 5.78 Å². The van der Waals surface area contributed by atoms with E-state index in [1.807, 2.05) is 37.4 Å². The molecule has 0 aliphatic carbocycles. The van der Waals surface area contributed by atoms with Crippen molar-refractivity contribution in [2.45, 2.75) is 19.4 Å². The number of benzene rings is 1. The van der Waals surface area contributed by atoms with Crippen LogP contribution in [0.2, 0.25) is 0 Å². The van der Waals surface area contributed by atoms with Gasteiger partial charge in [-0.1, -0.05) is 6.07 Å². The van der Waals surface area contributed by atoms with Gasteiger partial charge in [0.2, 0.25) is 0 Å². The molecule has 0 bridgehead atoms. The fraction of sp³-hybridized carbons (Fsp3) is 0.167. The second-order valence-corrected chi connectivity index (χ2v) is 6.60. The van der Waals surface area contributed by atoms with Gasteiger partial charge in [0.05, 0.1) is 11.1 Å². The van der Waals surface area contributed by atoms with Crippen LogP contribution in [0.15, 0.2) is 41.8 Å². The second-order valence-electron chi connectivity index (χ2n) is 5.63. The first-order valence-corrected chi connectivity index (χ1v) is 7.84. The highest BCUT2D eigenvalue weighted by atomic mass is 32.1. The number of hydrogen-bond donors (Lipinski definition) is 1. The van der Waals surface area contributed by atoms with Crippen molar-refractivity contribution in [3.8, 4) is 11.5 Å². The highest BCUT2D eigenvalue weighted by Gasteiger charge is 2.25. The van der Waals surface area contributed by atoms with Crippen molar-refractivity contribution in [2.75, 3.05) is 0 Å². The molecule has 0 saturated carbocycles. The lowest BCUT2D eigenvalue weighted by molar-refractivity contribution is 0.104. The lowest BCUT2D eigenvalue weighted by atomic mass is 9.98. The van der Waals surface area contributed by atoms with Crippen molar-refractivity contribution in [3.05, 3.63) is 57.8 Å². The van der Waals surface area contributed by atoms with Gasteiger partial charge in [-0.3, -0.25) is 4.79 Å². The Morgan fingerprint density at radius 2 is 2.14 bits per heavy atom. The summed E-state index contributed by atoms with van der Waals surface area (Å²) in [6, 6.07) is 7.19. The van der Waals surface area contributed by atoms with E-state index >= 15 is 0 Å². The number of thiophene rings is 1. The maximum Gasteiger partial charge on any atom is 0.189 e. The number of carbonyl (C=O) groups excluding carboxylic acids is 1. The average molecular weight is 312 g/mol. The summed E-state index contributed by atoms with van der Waals surface area (Å²) in [4.78, 5) is 13.3. The summed E-state index contributed by atoms with van der Waals surface area (Å²) in [5.41, 5.74) is 0.415. The van der Waals surface area contributed by atoms with Crippen molar-refractivity contribution in [1.82, 2.24) is 0 Å². The Morgan fingerprint density at radius 3 is 2.86 bits per heavy atom. The molecule has 4 heteroatoms. The topological polar surface area (TPSA) is 46.5 Å². The normalized spacial score (nSPS) is 15.5. The van der Waals surface area contributed by atoms with E-state index in [-0.39, 0.29) is 17.1 Å². The summed E-state index contributed by atoms with van der Waals surface area (Å²) in [5, 5.41) is 12.3. The van der Waals surface area contributed by atoms with Crippen LogP contribution in [-0.2, 0) is 0 Å². The average Bonchev–Trinajstić information content (AvgIpc) is 2.97. The molecule has 22 heavy (non-hydrogen) atoms. The van der Waals surface area contributed by atoms with Gasteiger partial charge in [-0.05, 0) is 61.7 Å². The van der Waals surface area contributed by atoms with E-state index in [2.05, 4.69) is 0 Å². The first kappa shape index (κ1) is 14.6. The highest BCUT2D eigenvalue weighted by Crippen LogP contribution is 2.38. The molecule has 1 N–H and O–H groups in total. The van der Waals surface area contributed by atoms with Gasteiger partial charge in [0.1, 0.15) is 17.1 Å². The molecule has 1 aromatic carbocycles.